The second-order valence-corrected chi connectivity index (χ2v) is 20.6. The van der Waals surface area contributed by atoms with Crippen molar-refractivity contribution in [3.8, 4) is 11.1 Å². The Morgan fingerprint density at radius 2 is 1.02 bits per heavy atom. The molecule has 0 aliphatic heterocycles. The van der Waals surface area contributed by atoms with Gasteiger partial charge in [-0.1, -0.05) is 84.7 Å². The van der Waals surface area contributed by atoms with E-state index in [9.17, 15) is 43.2 Å². The Hall–Kier alpha value is -0.950. The predicted molar refractivity (Wildman–Crippen MR) is 189 cm³/mol. The molecule has 0 N–H and O–H groups in total. The second-order valence-electron chi connectivity index (χ2n) is 14.1. The maximum atomic E-state index is 11.4. The molecule has 289 valence electrons. The molecule has 2 aliphatic carbocycles. The first kappa shape index (κ1) is 45.2. The summed E-state index contributed by atoms with van der Waals surface area (Å²) in [6.45, 7) is 14.3. The van der Waals surface area contributed by atoms with Gasteiger partial charge >= 0.3 is 11.0 Å². The molecular weight excluding hydrogens is 904 g/mol. The molecule has 0 aromatic heterocycles. The molecule has 2 saturated carbocycles. The number of benzene rings is 2. The Balaban J connectivity index is 0.000000461. The largest absolute Gasteiger partial charge is 0.480 e. The van der Waals surface area contributed by atoms with E-state index < -0.39 is 39.0 Å². The molecule has 1 radical (unpaired) electrons. The zero-order chi connectivity index (χ0) is 36.9. The van der Waals surface area contributed by atoms with Crippen LogP contribution in [0.5, 0.6) is 0 Å². The van der Waals surface area contributed by atoms with Crippen LogP contribution in [0, 0.1) is 0 Å². The molecule has 4 rings (SSSR count). The van der Waals surface area contributed by atoms with Crippen LogP contribution in [0.4, 0.5) is 26.3 Å². The summed E-state index contributed by atoms with van der Waals surface area (Å²) in [5, 5.41) is 1.78. The smallest absolute Gasteiger partial charge is 0.421 e. The van der Waals surface area contributed by atoms with E-state index in [0.29, 0.717) is 17.8 Å². The topological polar surface area (TPSA) is 82.4 Å². The summed E-state index contributed by atoms with van der Waals surface area (Å²) in [4.78, 5) is 0. The monoisotopic (exact) mass is 954 g/mol. The Labute approximate surface area is 311 Å². The zero-order valence-electron chi connectivity index (χ0n) is 29.4. The second kappa shape index (κ2) is 18.4. The molecular formula is C35H50AuF6NO4PS2. The van der Waals surface area contributed by atoms with Crippen molar-refractivity contribution in [2.24, 2.45) is 0 Å². The minimum Gasteiger partial charge on any atom is -0.421 e. The number of hydrogen-bond acceptors (Lipinski definition) is 4. The number of sulfonamides is 2. The summed E-state index contributed by atoms with van der Waals surface area (Å²) in [5.41, 5.74) is -2.58. The van der Waals surface area contributed by atoms with Gasteiger partial charge in [0.25, 0.3) is 0 Å². The van der Waals surface area contributed by atoms with Crippen molar-refractivity contribution in [3.63, 3.8) is 0 Å². The fourth-order valence-corrected chi connectivity index (χ4v) is 13.2. The van der Waals surface area contributed by atoms with Crippen molar-refractivity contribution in [3.05, 3.63) is 57.2 Å². The first-order valence-electron chi connectivity index (χ1n) is 17.1. The molecule has 0 spiro atoms. The molecule has 2 aliphatic rings. The van der Waals surface area contributed by atoms with Gasteiger partial charge in [-0.2, -0.15) is 26.3 Å². The van der Waals surface area contributed by atoms with E-state index >= 15 is 0 Å². The van der Waals surface area contributed by atoms with Crippen molar-refractivity contribution in [1.82, 2.24) is 0 Å². The third-order valence-corrected chi connectivity index (χ3v) is 16.2. The Morgan fingerprint density at radius 1 is 0.640 bits per heavy atom. The van der Waals surface area contributed by atoms with E-state index in [-0.39, 0.29) is 22.4 Å². The quantitative estimate of drug-likeness (QED) is 0.142. The van der Waals surface area contributed by atoms with Crippen molar-refractivity contribution < 1.29 is 65.6 Å². The molecule has 0 heterocycles. The van der Waals surface area contributed by atoms with Gasteiger partial charge in [-0.25, -0.2) is 16.8 Å². The van der Waals surface area contributed by atoms with E-state index in [4.69, 9.17) is 0 Å². The summed E-state index contributed by atoms with van der Waals surface area (Å²) < 4.78 is 109. The molecule has 0 atom stereocenters. The molecule has 0 bridgehead atoms. The van der Waals surface area contributed by atoms with Crippen LogP contribution in [0.1, 0.15) is 140 Å². The molecule has 15 heteroatoms. The van der Waals surface area contributed by atoms with Gasteiger partial charge < -0.3 is 4.13 Å². The van der Waals surface area contributed by atoms with E-state index in [1.807, 2.05) is 0 Å². The minimum atomic E-state index is -6.72. The minimum absolute atomic E-state index is 0. The van der Waals surface area contributed by atoms with Crippen LogP contribution < -0.4 is 5.30 Å². The third kappa shape index (κ3) is 11.3. The molecule has 0 amide bonds. The zero-order valence-corrected chi connectivity index (χ0v) is 34.2. The van der Waals surface area contributed by atoms with E-state index in [2.05, 4.69) is 77.9 Å². The van der Waals surface area contributed by atoms with E-state index in [0.717, 1.165) is 15.4 Å². The molecule has 0 saturated heterocycles. The van der Waals surface area contributed by atoms with Gasteiger partial charge in [0.15, 0.2) is 20.0 Å². The third-order valence-electron chi connectivity index (χ3n) is 9.51. The maximum absolute atomic E-state index is 11.4. The molecule has 0 unspecified atom stereocenters. The summed E-state index contributed by atoms with van der Waals surface area (Å²) in [5.74, 6) is 1.65. The molecule has 2 aromatic rings. The summed E-state index contributed by atoms with van der Waals surface area (Å²) in [6.07, 6.45) is 14.7. The number of hydrogen-bond donors (Lipinski definition) is 0. The average molecular weight is 955 g/mol. The van der Waals surface area contributed by atoms with Gasteiger partial charge in [-0.3, -0.25) is 0 Å². The standard InChI is InChI=1S/C33H49P.C2F6NO4S2.Au/c1-23(2)26-21-30(24(3)4)33(31(22-26)25(5)6)29-19-13-14-20-32(29)34(27-15-9-7-10-16-27)28-17-11-8-12-18-28;3-1(4,5)14(10,11)9-15(12,13)2(6,7)8;/h13-14,19-25,27-28H,7-12,15-18H2,1-6H3;;/q;-1;/p+1. The summed E-state index contributed by atoms with van der Waals surface area (Å²) >= 11 is 0. The first-order valence-corrected chi connectivity index (χ1v) is 21.6. The fraction of sp³-hybridized carbons (Fsp3) is 0.657. The van der Waals surface area contributed by atoms with Crippen LogP contribution >= 0.6 is 7.92 Å². The Morgan fingerprint density at radius 3 is 1.36 bits per heavy atom. The molecule has 50 heavy (non-hydrogen) atoms. The molecule has 5 nitrogen and oxygen atoms in total. The van der Waals surface area contributed by atoms with Crippen molar-refractivity contribution >= 4 is 33.3 Å². The van der Waals surface area contributed by atoms with Gasteiger partial charge in [0.1, 0.15) is 0 Å². The van der Waals surface area contributed by atoms with Crippen molar-refractivity contribution in [2.45, 2.75) is 146 Å². The van der Waals surface area contributed by atoms with Gasteiger partial charge in [0.05, 0.1) is 16.6 Å². The van der Waals surface area contributed by atoms with Gasteiger partial charge in [-0.15, -0.1) is 0 Å². The molecule has 2 aromatic carbocycles. The summed E-state index contributed by atoms with van der Waals surface area (Å²) in [6, 6.07) is 14.9. The van der Waals surface area contributed by atoms with Crippen molar-refractivity contribution in [2.75, 3.05) is 0 Å². The predicted octanol–water partition coefficient (Wildman–Crippen LogP) is 11.3. The fourth-order valence-electron chi connectivity index (χ4n) is 7.03. The van der Waals surface area contributed by atoms with Gasteiger partial charge in [-0.05, 0) is 97.4 Å². The Kier molecular flexibility index (Phi) is 16.6. The number of rotatable bonds is 9. The Bertz CT molecular complexity index is 1530. The maximum Gasteiger partial charge on any atom is 0.480 e. The normalized spacial score (nSPS) is 17.2. The molecule has 2 fully saturated rings. The van der Waals surface area contributed by atoms with E-state index in [1.54, 1.807) is 27.6 Å². The van der Waals surface area contributed by atoms with E-state index in [1.165, 1.54) is 69.8 Å². The first-order chi connectivity index (χ1) is 22.6. The van der Waals surface area contributed by atoms with Crippen LogP contribution in [-0.2, 0) is 42.4 Å². The number of halogens is 6. The van der Waals surface area contributed by atoms with Crippen LogP contribution in [-0.4, -0.2) is 39.2 Å². The summed E-state index contributed by atoms with van der Waals surface area (Å²) in [7, 11) is -14.1. The number of alkyl halides is 6. The van der Waals surface area contributed by atoms with Crippen LogP contribution in [0.15, 0.2) is 36.4 Å². The van der Waals surface area contributed by atoms with Gasteiger partial charge in [0.2, 0.25) is 0 Å². The SMILES string of the molecule is CC(C)c1cc(C(C)C)c(-c2ccccc2[PH+](C2CCCCC2)C2CCCCC2)c(C(C)C)c1.O=S(=O)([N-]S(=O)(=O)C(F)(F)F)C(F)(F)F.[Au]. The average Bonchev–Trinajstić information content (AvgIpc) is 3.00. The van der Waals surface area contributed by atoms with Gasteiger partial charge in [0, 0.05) is 35.9 Å². The van der Waals surface area contributed by atoms with Crippen LogP contribution in [0.25, 0.3) is 15.3 Å². The van der Waals surface area contributed by atoms with Crippen molar-refractivity contribution in [1.29, 1.82) is 0 Å². The van der Waals surface area contributed by atoms with Crippen LogP contribution in [0.3, 0.4) is 0 Å². The van der Waals surface area contributed by atoms with Crippen LogP contribution in [0.2, 0.25) is 0 Å². The number of nitrogens with zero attached hydrogens (tertiary/aromatic N) is 1.